The summed E-state index contributed by atoms with van der Waals surface area (Å²) in [5, 5.41) is 13.1. The van der Waals surface area contributed by atoms with Crippen molar-refractivity contribution in [3.8, 4) is 11.5 Å². The Morgan fingerprint density at radius 1 is 1.50 bits per heavy atom. The van der Waals surface area contributed by atoms with Crippen molar-refractivity contribution in [1.82, 2.24) is 24.8 Å². The number of nitrogens with two attached hydrogens (primary N) is 1. The van der Waals surface area contributed by atoms with Gasteiger partial charge in [-0.1, -0.05) is 6.58 Å². The highest BCUT2D eigenvalue weighted by Gasteiger charge is 2.27. The van der Waals surface area contributed by atoms with Crippen LogP contribution in [0.5, 0.6) is 0 Å². The predicted molar refractivity (Wildman–Crippen MR) is 70.5 cm³/mol. The number of hydrazine groups is 1. The molecule has 2 aromatic rings. The quantitative estimate of drug-likeness (QED) is 0.826. The first-order valence-electron chi connectivity index (χ1n) is 5.73. The van der Waals surface area contributed by atoms with Gasteiger partial charge in [0.1, 0.15) is 10.7 Å². The molecule has 0 bridgehead atoms. The summed E-state index contributed by atoms with van der Waals surface area (Å²) >= 11 is 1.55. The lowest BCUT2D eigenvalue weighted by Crippen LogP contribution is -2.41. The third-order valence-electron chi connectivity index (χ3n) is 3.16. The highest BCUT2D eigenvalue weighted by atomic mass is 32.1. The third kappa shape index (κ3) is 1.67. The smallest absolute Gasteiger partial charge is 0.183 e. The fraction of sp³-hybridized carbons (Fsp3) is 0.364. The Morgan fingerprint density at radius 2 is 2.33 bits per heavy atom. The summed E-state index contributed by atoms with van der Waals surface area (Å²) in [6.07, 6.45) is 1.74. The zero-order valence-electron chi connectivity index (χ0n) is 10.1. The van der Waals surface area contributed by atoms with Crippen LogP contribution in [0.1, 0.15) is 23.8 Å². The lowest BCUT2D eigenvalue weighted by molar-refractivity contribution is 0.168. The molecular formula is C11H14N6S. The first kappa shape index (κ1) is 11.5. The highest BCUT2D eigenvalue weighted by molar-refractivity contribution is 7.10. The maximum absolute atomic E-state index is 5.89. The number of nitrogens with zero attached hydrogens (tertiary/aromatic N) is 5. The molecule has 1 aliphatic rings. The molecule has 0 aromatic carbocycles. The van der Waals surface area contributed by atoms with Gasteiger partial charge in [0.05, 0.1) is 6.04 Å². The van der Waals surface area contributed by atoms with Crippen molar-refractivity contribution in [1.29, 1.82) is 0 Å². The molecule has 6 nitrogen and oxygen atoms in total. The second kappa shape index (κ2) is 4.27. The topological polar surface area (TPSA) is 72.9 Å². The van der Waals surface area contributed by atoms with Gasteiger partial charge in [0.15, 0.2) is 11.6 Å². The van der Waals surface area contributed by atoms with Crippen LogP contribution in [0.3, 0.4) is 0 Å². The molecule has 2 N–H and O–H groups in total. The van der Waals surface area contributed by atoms with Gasteiger partial charge in [0.2, 0.25) is 0 Å². The Morgan fingerprint density at radius 3 is 3.06 bits per heavy atom. The minimum atomic E-state index is 0.0810. The number of hydrogen-bond acceptors (Lipinski definition) is 6. The van der Waals surface area contributed by atoms with Gasteiger partial charge in [-0.25, -0.2) is 9.99 Å². The monoisotopic (exact) mass is 262 g/mol. The SMILES string of the molecule is C=Cc1nc(-c2nnc3n2CCN(N)[C@@H]3C)cs1. The molecule has 0 amide bonds. The van der Waals surface area contributed by atoms with E-state index in [4.69, 9.17) is 5.84 Å². The van der Waals surface area contributed by atoms with Crippen molar-refractivity contribution >= 4 is 17.4 Å². The third-order valence-corrected chi connectivity index (χ3v) is 4.00. The summed E-state index contributed by atoms with van der Waals surface area (Å²) in [5.74, 6) is 7.60. The normalized spacial score (nSPS) is 19.8. The van der Waals surface area contributed by atoms with Crippen LogP contribution in [-0.2, 0) is 6.54 Å². The van der Waals surface area contributed by atoms with E-state index in [0.29, 0.717) is 0 Å². The summed E-state index contributed by atoms with van der Waals surface area (Å²) in [6, 6.07) is 0.0810. The van der Waals surface area contributed by atoms with Gasteiger partial charge in [-0.2, -0.15) is 0 Å². The maximum atomic E-state index is 5.89. The van der Waals surface area contributed by atoms with Gasteiger partial charge in [-0.15, -0.1) is 21.5 Å². The average molecular weight is 262 g/mol. The van der Waals surface area contributed by atoms with Crippen LogP contribution in [0.25, 0.3) is 17.6 Å². The van der Waals surface area contributed by atoms with Crippen LogP contribution in [0.4, 0.5) is 0 Å². The van der Waals surface area contributed by atoms with Gasteiger partial charge >= 0.3 is 0 Å². The molecule has 0 saturated carbocycles. The Bertz CT molecular complexity index is 586. The van der Waals surface area contributed by atoms with Gasteiger partial charge in [0.25, 0.3) is 0 Å². The highest BCUT2D eigenvalue weighted by Crippen LogP contribution is 2.27. The van der Waals surface area contributed by atoms with E-state index >= 15 is 0 Å². The van der Waals surface area contributed by atoms with Gasteiger partial charge in [-0.05, 0) is 13.0 Å². The Labute approximate surface area is 109 Å². The molecule has 18 heavy (non-hydrogen) atoms. The first-order valence-corrected chi connectivity index (χ1v) is 6.61. The molecule has 3 rings (SSSR count). The molecule has 1 atom stereocenters. The molecular weight excluding hydrogens is 248 g/mol. The fourth-order valence-electron chi connectivity index (χ4n) is 2.08. The summed E-state index contributed by atoms with van der Waals surface area (Å²) < 4.78 is 2.09. The molecule has 0 unspecified atom stereocenters. The molecule has 0 radical (unpaired) electrons. The van der Waals surface area contributed by atoms with Gasteiger partial charge in [-0.3, -0.25) is 5.84 Å². The van der Waals surface area contributed by atoms with Gasteiger partial charge < -0.3 is 4.57 Å². The van der Waals surface area contributed by atoms with E-state index < -0.39 is 0 Å². The van der Waals surface area contributed by atoms with E-state index in [9.17, 15) is 0 Å². The van der Waals surface area contributed by atoms with Crippen LogP contribution in [0.2, 0.25) is 0 Å². The van der Waals surface area contributed by atoms with Crippen LogP contribution in [-0.4, -0.2) is 31.3 Å². The molecule has 0 saturated heterocycles. The second-order valence-electron chi connectivity index (χ2n) is 4.22. The van der Waals surface area contributed by atoms with E-state index in [2.05, 4.69) is 26.3 Å². The summed E-state index contributed by atoms with van der Waals surface area (Å²) in [6.45, 7) is 7.32. The van der Waals surface area contributed by atoms with Crippen LogP contribution >= 0.6 is 11.3 Å². The summed E-state index contributed by atoms with van der Waals surface area (Å²) in [4.78, 5) is 4.46. The Hall–Kier alpha value is -1.57. The van der Waals surface area contributed by atoms with E-state index in [1.165, 1.54) is 0 Å². The first-order chi connectivity index (χ1) is 8.70. The minimum absolute atomic E-state index is 0.0810. The van der Waals surface area contributed by atoms with E-state index in [1.807, 2.05) is 12.3 Å². The van der Waals surface area contributed by atoms with Crippen LogP contribution < -0.4 is 5.84 Å². The molecule has 1 aliphatic heterocycles. The molecule has 3 heterocycles. The number of aromatic nitrogens is 4. The minimum Gasteiger partial charge on any atom is -0.307 e. The van der Waals surface area contributed by atoms with Crippen molar-refractivity contribution < 1.29 is 0 Å². The zero-order valence-corrected chi connectivity index (χ0v) is 10.9. The number of thiazole rings is 1. The second-order valence-corrected chi connectivity index (χ2v) is 5.11. The molecule has 0 spiro atoms. The zero-order chi connectivity index (χ0) is 12.7. The summed E-state index contributed by atoms with van der Waals surface area (Å²) in [5.41, 5.74) is 0.853. The van der Waals surface area contributed by atoms with Gasteiger partial charge in [0, 0.05) is 18.5 Å². The van der Waals surface area contributed by atoms with E-state index in [0.717, 1.165) is 35.4 Å². The lowest BCUT2D eigenvalue weighted by Gasteiger charge is -2.29. The molecule has 0 aliphatic carbocycles. The number of fused-ring (bicyclic) bond motifs is 1. The lowest BCUT2D eigenvalue weighted by atomic mass is 10.2. The van der Waals surface area contributed by atoms with E-state index in [-0.39, 0.29) is 6.04 Å². The van der Waals surface area contributed by atoms with Crippen molar-refractivity contribution in [3.63, 3.8) is 0 Å². The summed E-state index contributed by atoms with van der Waals surface area (Å²) in [7, 11) is 0. The largest absolute Gasteiger partial charge is 0.307 e. The molecule has 0 fully saturated rings. The van der Waals surface area contributed by atoms with Crippen molar-refractivity contribution in [2.45, 2.75) is 19.5 Å². The fourth-order valence-corrected chi connectivity index (χ4v) is 2.71. The maximum Gasteiger partial charge on any atom is 0.183 e. The van der Waals surface area contributed by atoms with Crippen molar-refractivity contribution in [3.05, 3.63) is 22.8 Å². The van der Waals surface area contributed by atoms with Crippen LogP contribution in [0, 0.1) is 0 Å². The average Bonchev–Trinajstić information content (AvgIpc) is 2.99. The molecule has 7 heteroatoms. The van der Waals surface area contributed by atoms with E-state index in [1.54, 1.807) is 22.4 Å². The standard InChI is InChI=1S/C11H14N6S/c1-3-9-13-8(6-18-9)11-15-14-10-7(2)17(12)5-4-16(10)11/h3,6-7H,1,4-5,12H2,2H3/t7-/m1/s1. The van der Waals surface area contributed by atoms with Crippen molar-refractivity contribution in [2.75, 3.05) is 6.54 Å². The predicted octanol–water partition coefficient (Wildman–Crippen LogP) is 1.29. The Balaban J connectivity index is 2.04. The number of hydrogen-bond donors (Lipinski definition) is 1. The Kier molecular flexibility index (Phi) is 2.73. The molecule has 2 aromatic heterocycles. The van der Waals surface area contributed by atoms with Crippen LogP contribution in [0.15, 0.2) is 12.0 Å². The molecule has 94 valence electrons. The number of rotatable bonds is 2. The van der Waals surface area contributed by atoms with Crippen molar-refractivity contribution in [2.24, 2.45) is 5.84 Å².